The summed E-state index contributed by atoms with van der Waals surface area (Å²) >= 11 is 3.46. The number of nitrogens with zero attached hydrogens (tertiary/aromatic N) is 2. The quantitative estimate of drug-likeness (QED) is 0.502. The average molecular weight is 395 g/mol. The number of halogens is 1. The van der Waals surface area contributed by atoms with E-state index in [1.54, 1.807) is 13.4 Å². The van der Waals surface area contributed by atoms with Gasteiger partial charge in [-0.1, -0.05) is 34.1 Å². The summed E-state index contributed by atoms with van der Waals surface area (Å²) in [5.74, 6) is 1.54. The van der Waals surface area contributed by atoms with Crippen molar-refractivity contribution in [1.29, 1.82) is 0 Å². The fraction of sp³-hybridized carbons (Fsp3) is 0.0526. The van der Waals surface area contributed by atoms with Gasteiger partial charge in [0.2, 0.25) is 0 Å². The molecule has 0 saturated carbocycles. The minimum atomic E-state index is 0.748. The Bertz CT molecular complexity index is 1030. The molecule has 0 unspecified atom stereocenters. The number of hydrogen-bond donors (Lipinski definition) is 2. The summed E-state index contributed by atoms with van der Waals surface area (Å²) in [7, 11) is 1.65. The molecule has 0 saturated heterocycles. The molecule has 0 fully saturated rings. The first kappa shape index (κ1) is 15.7. The number of hydrogen-bond acceptors (Lipinski definition) is 4. The summed E-state index contributed by atoms with van der Waals surface area (Å²) in [5.41, 5.74) is 3.79. The van der Waals surface area contributed by atoms with Gasteiger partial charge in [0.15, 0.2) is 0 Å². The molecule has 124 valence electrons. The molecule has 0 aliphatic carbocycles. The number of aromatic nitrogens is 3. The van der Waals surface area contributed by atoms with Crippen LogP contribution in [0.5, 0.6) is 5.75 Å². The van der Waals surface area contributed by atoms with Gasteiger partial charge in [-0.05, 0) is 35.9 Å². The molecule has 4 aromatic rings. The highest BCUT2D eigenvalue weighted by Gasteiger charge is 2.10. The lowest BCUT2D eigenvalue weighted by Gasteiger charge is -2.07. The maximum absolute atomic E-state index is 5.27. The molecule has 4 rings (SSSR count). The van der Waals surface area contributed by atoms with Crippen LogP contribution in [0, 0.1) is 0 Å². The van der Waals surface area contributed by atoms with E-state index in [0.29, 0.717) is 0 Å². The molecule has 0 bridgehead atoms. The Balaban J connectivity index is 1.73. The van der Waals surface area contributed by atoms with Crippen LogP contribution in [0.3, 0.4) is 0 Å². The van der Waals surface area contributed by atoms with Gasteiger partial charge in [0.05, 0.1) is 12.5 Å². The van der Waals surface area contributed by atoms with E-state index in [1.165, 1.54) is 0 Å². The number of nitrogens with one attached hydrogen (secondary N) is 2. The smallest absolute Gasteiger partial charge is 0.143 e. The topological polar surface area (TPSA) is 62.8 Å². The van der Waals surface area contributed by atoms with E-state index in [0.717, 1.165) is 44.0 Å². The molecule has 2 aromatic carbocycles. The third-order valence-corrected chi connectivity index (χ3v) is 4.44. The Kier molecular flexibility index (Phi) is 4.11. The highest BCUT2D eigenvalue weighted by molar-refractivity contribution is 9.10. The summed E-state index contributed by atoms with van der Waals surface area (Å²) in [6, 6.07) is 17.9. The van der Waals surface area contributed by atoms with Crippen LogP contribution in [0.1, 0.15) is 0 Å². The number of aromatic amines is 1. The Morgan fingerprint density at radius 2 is 1.88 bits per heavy atom. The van der Waals surface area contributed by atoms with Crippen molar-refractivity contribution in [1.82, 2.24) is 15.0 Å². The molecular formula is C19H15BrN4O. The summed E-state index contributed by atoms with van der Waals surface area (Å²) in [6.45, 7) is 0. The highest BCUT2D eigenvalue weighted by Crippen LogP contribution is 2.29. The molecule has 2 N–H and O–H groups in total. The third kappa shape index (κ3) is 3.21. The van der Waals surface area contributed by atoms with Crippen LogP contribution in [0.4, 0.5) is 11.5 Å². The molecule has 0 amide bonds. The van der Waals surface area contributed by atoms with E-state index in [2.05, 4.69) is 54.4 Å². The molecule has 0 spiro atoms. The van der Waals surface area contributed by atoms with Gasteiger partial charge in [-0.15, -0.1) is 0 Å². The molecule has 25 heavy (non-hydrogen) atoms. The van der Waals surface area contributed by atoms with Crippen LogP contribution >= 0.6 is 15.9 Å². The SMILES string of the molecule is COc1cccc(Nc2ncnc3[nH]c(-c4ccc(Br)cc4)cc23)c1. The Labute approximate surface area is 153 Å². The third-order valence-electron chi connectivity index (χ3n) is 3.91. The standard InChI is InChI=1S/C19H15BrN4O/c1-25-15-4-2-3-14(9-15)23-18-16-10-17(24-19(16)22-11-21-18)12-5-7-13(20)8-6-12/h2-11H,1H3,(H2,21,22,23,24). The first-order chi connectivity index (χ1) is 12.2. The van der Waals surface area contributed by atoms with E-state index in [4.69, 9.17) is 4.74 Å². The second kappa shape index (κ2) is 6.57. The van der Waals surface area contributed by atoms with E-state index in [-0.39, 0.29) is 0 Å². The number of rotatable bonds is 4. The second-order valence-corrected chi connectivity index (χ2v) is 6.45. The van der Waals surface area contributed by atoms with Crippen molar-refractivity contribution in [2.75, 3.05) is 12.4 Å². The molecule has 6 heteroatoms. The van der Waals surface area contributed by atoms with Crippen molar-refractivity contribution >= 4 is 38.5 Å². The molecular weight excluding hydrogens is 380 g/mol. The van der Waals surface area contributed by atoms with Crippen molar-refractivity contribution in [3.05, 3.63) is 65.4 Å². The van der Waals surface area contributed by atoms with Crippen molar-refractivity contribution < 1.29 is 4.74 Å². The van der Waals surface area contributed by atoms with E-state index in [9.17, 15) is 0 Å². The first-order valence-corrected chi connectivity index (χ1v) is 8.53. The normalized spacial score (nSPS) is 10.8. The maximum Gasteiger partial charge on any atom is 0.143 e. The Hall–Kier alpha value is -2.86. The summed E-state index contributed by atoms with van der Waals surface area (Å²) < 4.78 is 6.32. The Morgan fingerprint density at radius 3 is 2.68 bits per heavy atom. The van der Waals surface area contributed by atoms with E-state index >= 15 is 0 Å². The van der Waals surface area contributed by atoms with Gasteiger partial charge in [0.25, 0.3) is 0 Å². The predicted molar refractivity (Wildman–Crippen MR) is 103 cm³/mol. The van der Waals surface area contributed by atoms with Crippen LogP contribution in [-0.4, -0.2) is 22.1 Å². The van der Waals surface area contributed by atoms with E-state index < -0.39 is 0 Å². The van der Waals surface area contributed by atoms with Crippen LogP contribution in [0.25, 0.3) is 22.3 Å². The zero-order valence-electron chi connectivity index (χ0n) is 13.5. The van der Waals surface area contributed by atoms with Gasteiger partial charge in [0.1, 0.15) is 23.5 Å². The summed E-state index contributed by atoms with van der Waals surface area (Å²) in [6.07, 6.45) is 1.55. The summed E-state index contributed by atoms with van der Waals surface area (Å²) in [4.78, 5) is 12.1. The first-order valence-electron chi connectivity index (χ1n) is 7.74. The number of methoxy groups -OCH3 is 1. The van der Waals surface area contributed by atoms with Crippen molar-refractivity contribution in [3.63, 3.8) is 0 Å². The predicted octanol–water partition coefficient (Wildman–Crippen LogP) is 5.14. The van der Waals surface area contributed by atoms with Gasteiger partial charge in [-0.25, -0.2) is 9.97 Å². The number of anilines is 2. The zero-order chi connectivity index (χ0) is 17.2. The second-order valence-electron chi connectivity index (χ2n) is 5.53. The number of ether oxygens (including phenoxy) is 1. The van der Waals surface area contributed by atoms with Crippen molar-refractivity contribution in [2.45, 2.75) is 0 Å². The number of benzene rings is 2. The van der Waals surface area contributed by atoms with Gasteiger partial charge in [0, 0.05) is 21.9 Å². The van der Waals surface area contributed by atoms with Crippen LogP contribution in [-0.2, 0) is 0 Å². The lowest BCUT2D eigenvalue weighted by Crippen LogP contribution is -1.95. The monoisotopic (exact) mass is 394 g/mol. The summed E-state index contributed by atoms with van der Waals surface area (Å²) in [5, 5.41) is 4.27. The van der Waals surface area contributed by atoms with Gasteiger partial charge < -0.3 is 15.0 Å². The maximum atomic E-state index is 5.27. The zero-order valence-corrected chi connectivity index (χ0v) is 15.0. The van der Waals surface area contributed by atoms with Crippen LogP contribution in [0.15, 0.2) is 65.4 Å². The number of fused-ring (bicyclic) bond motifs is 1. The molecule has 2 heterocycles. The molecule has 0 aliphatic rings. The molecule has 0 aliphatic heterocycles. The molecule has 0 radical (unpaired) electrons. The molecule has 0 atom stereocenters. The molecule has 2 aromatic heterocycles. The van der Waals surface area contributed by atoms with Gasteiger partial charge >= 0.3 is 0 Å². The lowest BCUT2D eigenvalue weighted by atomic mass is 10.1. The lowest BCUT2D eigenvalue weighted by molar-refractivity contribution is 0.415. The fourth-order valence-electron chi connectivity index (χ4n) is 2.66. The minimum absolute atomic E-state index is 0.748. The highest BCUT2D eigenvalue weighted by atomic mass is 79.9. The van der Waals surface area contributed by atoms with Crippen LogP contribution < -0.4 is 10.1 Å². The van der Waals surface area contributed by atoms with Crippen molar-refractivity contribution in [2.24, 2.45) is 0 Å². The Morgan fingerprint density at radius 1 is 1.04 bits per heavy atom. The fourth-order valence-corrected chi connectivity index (χ4v) is 2.93. The van der Waals surface area contributed by atoms with Gasteiger partial charge in [-0.2, -0.15) is 0 Å². The van der Waals surface area contributed by atoms with Gasteiger partial charge in [-0.3, -0.25) is 0 Å². The van der Waals surface area contributed by atoms with Crippen molar-refractivity contribution in [3.8, 4) is 17.0 Å². The van der Waals surface area contributed by atoms with E-state index in [1.807, 2.05) is 36.4 Å². The number of H-pyrrole nitrogens is 1. The average Bonchev–Trinajstić information content (AvgIpc) is 3.08. The molecule has 5 nitrogen and oxygen atoms in total. The largest absolute Gasteiger partial charge is 0.497 e. The van der Waals surface area contributed by atoms with Crippen LogP contribution in [0.2, 0.25) is 0 Å². The minimum Gasteiger partial charge on any atom is -0.497 e.